The molecule has 0 aliphatic rings. The van der Waals surface area contributed by atoms with Crippen molar-refractivity contribution in [3.8, 4) is 17.5 Å². The van der Waals surface area contributed by atoms with E-state index in [0.717, 1.165) is 15.6 Å². The molecule has 0 N–H and O–H groups in total. The molecule has 0 saturated heterocycles. The monoisotopic (exact) mass is 339 g/mol. The summed E-state index contributed by atoms with van der Waals surface area (Å²) in [5.41, 5.74) is 2.43. The van der Waals surface area contributed by atoms with Crippen molar-refractivity contribution in [1.29, 1.82) is 5.26 Å². The molecule has 0 unspecified atom stereocenters. The van der Waals surface area contributed by atoms with Crippen LogP contribution in [0.5, 0.6) is 0 Å². The minimum absolute atomic E-state index is 0.430. The van der Waals surface area contributed by atoms with Gasteiger partial charge in [0.1, 0.15) is 0 Å². The van der Waals surface area contributed by atoms with Crippen LogP contribution in [0.2, 0.25) is 0 Å². The Bertz CT molecular complexity index is 803. The number of hydrogen-bond acceptors (Lipinski definition) is 4. The third kappa shape index (κ3) is 3.18. The van der Waals surface area contributed by atoms with Crippen LogP contribution in [0.1, 0.15) is 17.0 Å². The first-order valence-electron chi connectivity index (χ1n) is 6.32. The van der Waals surface area contributed by atoms with Gasteiger partial charge in [-0.25, -0.2) is 0 Å². The largest absolute Gasteiger partial charge is 0.334 e. The molecular formula is C16H10BrN3O. The molecule has 2 aromatic carbocycles. The van der Waals surface area contributed by atoms with Crippen LogP contribution in [-0.4, -0.2) is 10.1 Å². The molecule has 0 amide bonds. The van der Waals surface area contributed by atoms with E-state index in [9.17, 15) is 0 Å². The summed E-state index contributed by atoms with van der Waals surface area (Å²) in [7, 11) is 0. The fourth-order valence-electron chi connectivity index (χ4n) is 1.95. The molecular weight excluding hydrogens is 330 g/mol. The van der Waals surface area contributed by atoms with Crippen molar-refractivity contribution in [1.82, 2.24) is 10.1 Å². The maximum Gasteiger partial charge on any atom is 0.257 e. The van der Waals surface area contributed by atoms with Gasteiger partial charge < -0.3 is 4.52 Å². The predicted molar refractivity (Wildman–Crippen MR) is 81.4 cm³/mol. The first-order valence-corrected chi connectivity index (χ1v) is 7.11. The normalized spacial score (nSPS) is 10.3. The summed E-state index contributed by atoms with van der Waals surface area (Å²) in [6.07, 6.45) is 0.606. The van der Waals surface area contributed by atoms with Gasteiger partial charge >= 0.3 is 0 Å². The highest BCUT2D eigenvalue weighted by molar-refractivity contribution is 9.10. The van der Waals surface area contributed by atoms with Crippen LogP contribution in [0.4, 0.5) is 0 Å². The van der Waals surface area contributed by atoms with Gasteiger partial charge in [0.05, 0.1) is 11.6 Å². The van der Waals surface area contributed by atoms with Gasteiger partial charge in [0.15, 0.2) is 5.82 Å². The summed E-state index contributed by atoms with van der Waals surface area (Å²) in [6, 6.07) is 17.2. The van der Waals surface area contributed by atoms with E-state index in [1.54, 1.807) is 18.2 Å². The Morgan fingerprint density at radius 2 is 1.95 bits per heavy atom. The van der Waals surface area contributed by atoms with Crippen LogP contribution in [0.15, 0.2) is 57.5 Å². The molecule has 102 valence electrons. The Kier molecular flexibility index (Phi) is 3.80. The minimum atomic E-state index is 0.430. The average Bonchev–Trinajstić information content (AvgIpc) is 2.98. The van der Waals surface area contributed by atoms with E-state index in [0.29, 0.717) is 23.7 Å². The maximum absolute atomic E-state index is 8.91. The van der Waals surface area contributed by atoms with Crippen molar-refractivity contribution in [2.45, 2.75) is 6.42 Å². The van der Waals surface area contributed by atoms with Gasteiger partial charge in [0.2, 0.25) is 0 Å². The number of halogens is 1. The summed E-state index contributed by atoms with van der Waals surface area (Å²) in [5.74, 6) is 1.05. The number of aromatic nitrogens is 2. The van der Waals surface area contributed by atoms with Crippen LogP contribution in [0.3, 0.4) is 0 Å². The van der Waals surface area contributed by atoms with Gasteiger partial charge in [-0.15, -0.1) is 0 Å². The second-order valence-corrected chi connectivity index (χ2v) is 5.43. The van der Waals surface area contributed by atoms with Crippen LogP contribution in [0, 0.1) is 11.3 Å². The molecule has 0 spiro atoms. The molecule has 3 aromatic rings. The van der Waals surface area contributed by atoms with E-state index in [2.05, 4.69) is 32.1 Å². The summed E-state index contributed by atoms with van der Waals surface area (Å²) in [6.45, 7) is 0. The lowest BCUT2D eigenvalue weighted by atomic mass is 10.1. The van der Waals surface area contributed by atoms with Gasteiger partial charge in [-0.3, -0.25) is 0 Å². The van der Waals surface area contributed by atoms with Crippen LogP contribution >= 0.6 is 15.9 Å². The number of rotatable bonds is 3. The first-order chi connectivity index (χ1) is 10.2. The summed E-state index contributed by atoms with van der Waals surface area (Å²) in [4.78, 5) is 4.37. The van der Waals surface area contributed by atoms with Crippen molar-refractivity contribution in [2.24, 2.45) is 0 Å². The SMILES string of the molecule is N#Cc1cccc(-c2nc(Cc3ccc(Br)cc3)no2)c1. The highest BCUT2D eigenvalue weighted by atomic mass is 79.9. The van der Waals surface area contributed by atoms with E-state index >= 15 is 0 Å². The molecule has 0 atom stereocenters. The second kappa shape index (κ2) is 5.90. The van der Waals surface area contributed by atoms with Crippen molar-refractivity contribution in [2.75, 3.05) is 0 Å². The summed E-state index contributed by atoms with van der Waals surface area (Å²) < 4.78 is 6.30. The third-order valence-electron chi connectivity index (χ3n) is 2.98. The molecule has 0 radical (unpaired) electrons. The highest BCUT2D eigenvalue weighted by Gasteiger charge is 2.10. The van der Waals surface area contributed by atoms with Gasteiger partial charge in [-0.05, 0) is 35.9 Å². The lowest BCUT2D eigenvalue weighted by Crippen LogP contribution is -1.90. The molecule has 0 saturated carbocycles. The molecule has 1 aromatic heterocycles. The zero-order chi connectivity index (χ0) is 14.7. The van der Waals surface area contributed by atoms with E-state index < -0.39 is 0 Å². The number of nitrogens with zero attached hydrogens (tertiary/aromatic N) is 3. The third-order valence-corrected chi connectivity index (χ3v) is 3.51. The minimum Gasteiger partial charge on any atom is -0.334 e. The Hall–Kier alpha value is -2.45. The Labute approximate surface area is 130 Å². The average molecular weight is 340 g/mol. The molecule has 1 heterocycles. The molecule has 21 heavy (non-hydrogen) atoms. The highest BCUT2D eigenvalue weighted by Crippen LogP contribution is 2.19. The Morgan fingerprint density at radius 3 is 2.71 bits per heavy atom. The van der Waals surface area contributed by atoms with Gasteiger partial charge in [-0.1, -0.05) is 39.3 Å². The van der Waals surface area contributed by atoms with Crippen LogP contribution in [-0.2, 0) is 6.42 Å². The Balaban J connectivity index is 1.83. The van der Waals surface area contributed by atoms with Crippen molar-refractivity contribution in [3.63, 3.8) is 0 Å². The fraction of sp³-hybridized carbons (Fsp3) is 0.0625. The molecule has 5 heteroatoms. The van der Waals surface area contributed by atoms with Gasteiger partial charge in [0, 0.05) is 16.5 Å². The predicted octanol–water partition coefficient (Wildman–Crippen LogP) is 3.96. The smallest absolute Gasteiger partial charge is 0.257 e. The quantitative estimate of drug-likeness (QED) is 0.724. The van der Waals surface area contributed by atoms with Crippen molar-refractivity contribution < 1.29 is 4.52 Å². The van der Waals surface area contributed by atoms with E-state index in [1.165, 1.54) is 0 Å². The topological polar surface area (TPSA) is 62.7 Å². The molecule has 0 fully saturated rings. The lowest BCUT2D eigenvalue weighted by molar-refractivity contribution is 0.424. The summed E-state index contributed by atoms with van der Waals surface area (Å²) >= 11 is 3.40. The fourth-order valence-corrected chi connectivity index (χ4v) is 2.21. The zero-order valence-corrected chi connectivity index (χ0v) is 12.5. The molecule has 0 aliphatic carbocycles. The van der Waals surface area contributed by atoms with Gasteiger partial charge in [0.25, 0.3) is 5.89 Å². The van der Waals surface area contributed by atoms with Crippen LogP contribution in [0.25, 0.3) is 11.5 Å². The zero-order valence-electron chi connectivity index (χ0n) is 11.0. The van der Waals surface area contributed by atoms with E-state index in [4.69, 9.17) is 9.78 Å². The first kappa shape index (κ1) is 13.5. The summed E-state index contributed by atoms with van der Waals surface area (Å²) in [5, 5.41) is 12.9. The standard InChI is InChI=1S/C16H10BrN3O/c17-14-6-4-11(5-7-14)9-15-19-16(21-20-15)13-3-1-2-12(8-13)10-18/h1-8H,9H2. The Morgan fingerprint density at radius 1 is 1.14 bits per heavy atom. The number of hydrogen-bond donors (Lipinski definition) is 0. The number of benzene rings is 2. The lowest BCUT2D eigenvalue weighted by Gasteiger charge is -1.96. The second-order valence-electron chi connectivity index (χ2n) is 4.51. The van der Waals surface area contributed by atoms with Crippen molar-refractivity contribution >= 4 is 15.9 Å². The van der Waals surface area contributed by atoms with E-state index in [1.807, 2.05) is 30.3 Å². The molecule has 0 bridgehead atoms. The van der Waals surface area contributed by atoms with Gasteiger partial charge in [-0.2, -0.15) is 10.2 Å². The van der Waals surface area contributed by atoms with Crippen LogP contribution < -0.4 is 0 Å². The number of nitriles is 1. The molecule has 3 rings (SSSR count). The maximum atomic E-state index is 8.91. The molecule has 4 nitrogen and oxygen atoms in total. The van der Waals surface area contributed by atoms with Crippen molar-refractivity contribution in [3.05, 3.63) is 70.0 Å². The molecule has 0 aliphatic heterocycles. The van der Waals surface area contributed by atoms with E-state index in [-0.39, 0.29) is 0 Å².